The second kappa shape index (κ2) is 12.1. The Kier molecular flexibility index (Phi) is 10.1. The average molecular weight is 387 g/mol. The molecule has 1 rings (SSSR count). The summed E-state index contributed by atoms with van der Waals surface area (Å²) in [5.74, 6) is -0.556. The summed E-state index contributed by atoms with van der Waals surface area (Å²) in [6, 6.07) is 4.60. The molecule has 0 aliphatic heterocycles. The van der Waals surface area contributed by atoms with Gasteiger partial charge in [-0.3, -0.25) is 14.9 Å². The van der Waals surface area contributed by atoms with Gasteiger partial charge in [0.15, 0.2) is 6.61 Å². The second-order valence-corrected chi connectivity index (χ2v) is 5.76. The number of rotatable bonds is 10. The van der Waals surface area contributed by atoms with Gasteiger partial charge in [-0.15, -0.1) is 0 Å². The monoisotopic (exact) mass is 386 g/mol. The third-order valence-electron chi connectivity index (χ3n) is 3.13. The number of hydrogen-bond donors (Lipinski definition) is 2. The van der Waals surface area contributed by atoms with Crippen LogP contribution in [0.4, 0.5) is 4.79 Å². The third-order valence-corrected chi connectivity index (χ3v) is 3.36. The molecule has 0 atom stereocenters. The highest BCUT2D eigenvalue weighted by atomic mass is 35.5. The van der Waals surface area contributed by atoms with E-state index in [0.717, 1.165) is 5.56 Å². The molecule has 0 spiro atoms. The van der Waals surface area contributed by atoms with Gasteiger partial charge in [-0.1, -0.05) is 11.6 Å². The Bertz CT molecular complexity index is 623. The number of ether oxygens (including phenoxy) is 3. The Balaban J connectivity index is 2.14. The number of amides is 3. The fourth-order valence-corrected chi connectivity index (χ4v) is 2.09. The van der Waals surface area contributed by atoms with Crippen LogP contribution in [0.2, 0.25) is 5.02 Å². The fraction of sp³-hybridized carbons (Fsp3) is 0.471. The topological polar surface area (TPSA) is 103 Å². The number of esters is 1. The van der Waals surface area contributed by atoms with Gasteiger partial charge in [-0.2, -0.15) is 0 Å². The molecule has 0 aliphatic rings. The highest BCUT2D eigenvalue weighted by Gasteiger charge is 2.10. The largest absolute Gasteiger partial charge is 0.493 e. The fourth-order valence-electron chi connectivity index (χ4n) is 1.87. The van der Waals surface area contributed by atoms with Crippen molar-refractivity contribution in [3.8, 4) is 5.75 Å². The van der Waals surface area contributed by atoms with Crippen LogP contribution in [-0.2, 0) is 19.1 Å². The van der Waals surface area contributed by atoms with Crippen molar-refractivity contribution in [2.75, 3.05) is 33.5 Å². The van der Waals surface area contributed by atoms with E-state index in [-0.39, 0.29) is 13.0 Å². The summed E-state index contributed by atoms with van der Waals surface area (Å²) in [5, 5.41) is 5.07. The van der Waals surface area contributed by atoms with E-state index >= 15 is 0 Å². The zero-order valence-corrected chi connectivity index (χ0v) is 15.6. The maximum atomic E-state index is 11.6. The predicted molar refractivity (Wildman–Crippen MR) is 95.3 cm³/mol. The molecule has 0 radical (unpaired) electrons. The average Bonchev–Trinajstić information content (AvgIpc) is 2.58. The molecule has 1 aromatic carbocycles. The lowest BCUT2D eigenvalue weighted by Gasteiger charge is -2.09. The number of hydrogen-bond acceptors (Lipinski definition) is 6. The number of benzene rings is 1. The van der Waals surface area contributed by atoms with E-state index in [1.54, 1.807) is 18.2 Å². The quantitative estimate of drug-likeness (QED) is 0.469. The van der Waals surface area contributed by atoms with E-state index < -0.39 is 24.5 Å². The third kappa shape index (κ3) is 9.24. The Morgan fingerprint density at radius 1 is 1.19 bits per heavy atom. The van der Waals surface area contributed by atoms with Gasteiger partial charge < -0.3 is 19.5 Å². The molecule has 0 heterocycles. The minimum Gasteiger partial charge on any atom is -0.493 e. The number of urea groups is 1. The van der Waals surface area contributed by atoms with E-state index in [9.17, 15) is 14.4 Å². The highest BCUT2D eigenvalue weighted by molar-refractivity contribution is 6.30. The molecule has 2 N–H and O–H groups in total. The number of carbonyl (C=O) groups excluding carboxylic acids is 3. The number of carbonyl (C=O) groups is 3. The molecule has 144 valence electrons. The van der Waals surface area contributed by atoms with Crippen molar-refractivity contribution in [3.63, 3.8) is 0 Å². The maximum Gasteiger partial charge on any atom is 0.321 e. The zero-order chi connectivity index (χ0) is 19.4. The summed E-state index contributed by atoms with van der Waals surface area (Å²) in [6.45, 7) is 2.27. The Morgan fingerprint density at radius 3 is 2.65 bits per heavy atom. The Labute approximate surface area is 157 Å². The molecule has 3 amide bonds. The summed E-state index contributed by atoms with van der Waals surface area (Å²) in [6.07, 6.45) is 0.528. The molecule has 0 saturated heterocycles. The van der Waals surface area contributed by atoms with Gasteiger partial charge in [0.2, 0.25) is 0 Å². The summed E-state index contributed by atoms with van der Waals surface area (Å²) in [4.78, 5) is 34.3. The number of halogens is 1. The Hall–Kier alpha value is -2.32. The van der Waals surface area contributed by atoms with Crippen LogP contribution in [0.5, 0.6) is 5.75 Å². The summed E-state index contributed by atoms with van der Waals surface area (Å²) in [5.41, 5.74) is 0.903. The van der Waals surface area contributed by atoms with Gasteiger partial charge in [-0.05, 0) is 37.1 Å². The predicted octanol–water partition coefficient (Wildman–Crippen LogP) is 1.82. The van der Waals surface area contributed by atoms with Crippen LogP contribution in [-0.4, -0.2) is 51.4 Å². The molecule has 0 unspecified atom stereocenters. The molecule has 0 aliphatic carbocycles. The van der Waals surface area contributed by atoms with Gasteiger partial charge in [0.25, 0.3) is 5.91 Å². The van der Waals surface area contributed by atoms with Gasteiger partial charge in [0.1, 0.15) is 5.75 Å². The van der Waals surface area contributed by atoms with Crippen molar-refractivity contribution < 1.29 is 28.6 Å². The molecule has 1 aromatic rings. The van der Waals surface area contributed by atoms with Crippen LogP contribution in [0.1, 0.15) is 18.4 Å². The lowest BCUT2D eigenvalue weighted by molar-refractivity contribution is -0.148. The maximum absolute atomic E-state index is 11.6. The van der Waals surface area contributed by atoms with Crippen molar-refractivity contribution >= 4 is 29.5 Å². The van der Waals surface area contributed by atoms with Gasteiger partial charge in [-0.25, -0.2) is 4.79 Å². The lowest BCUT2D eigenvalue weighted by Crippen LogP contribution is -2.42. The van der Waals surface area contributed by atoms with Crippen molar-refractivity contribution in [1.82, 2.24) is 10.6 Å². The molecule has 0 aromatic heterocycles. The van der Waals surface area contributed by atoms with Crippen LogP contribution in [0.3, 0.4) is 0 Å². The minimum atomic E-state index is -0.707. The summed E-state index contributed by atoms with van der Waals surface area (Å²) in [7, 11) is 1.49. The SMILES string of the molecule is COCCNC(=O)NC(=O)COC(=O)CCCOc1ccc(Cl)cc1C. The van der Waals surface area contributed by atoms with Crippen molar-refractivity contribution in [1.29, 1.82) is 0 Å². The van der Waals surface area contributed by atoms with E-state index in [4.69, 9.17) is 25.8 Å². The molecule has 26 heavy (non-hydrogen) atoms. The van der Waals surface area contributed by atoms with E-state index in [1.165, 1.54) is 7.11 Å². The molecular formula is C17H23ClN2O6. The van der Waals surface area contributed by atoms with Crippen LogP contribution < -0.4 is 15.4 Å². The van der Waals surface area contributed by atoms with E-state index in [0.29, 0.717) is 30.4 Å². The smallest absolute Gasteiger partial charge is 0.321 e. The second-order valence-electron chi connectivity index (χ2n) is 5.32. The number of nitrogens with one attached hydrogen (secondary N) is 2. The molecule has 0 saturated carbocycles. The normalized spacial score (nSPS) is 10.1. The van der Waals surface area contributed by atoms with Crippen molar-refractivity contribution in [2.24, 2.45) is 0 Å². The Morgan fingerprint density at radius 2 is 1.96 bits per heavy atom. The van der Waals surface area contributed by atoms with Crippen LogP contribution >= 0.6 is 11.6 Å². The standard InChI is InChI=1S/C17H23ClN2O6/c1-12-10-13(18)5-6-14(12)25-8-3-4-16(22)26-11-15(21)20-17(23)19-7-9-24-2/h5-6,10H,3-4,7-9,11H2,1-2H3,(H2,19,20,21,23). The highest BCUT2D eigenvalue weighted by Crippen LogP contribution is 2.21. The van der Waals surface area contributed by atoms with Gasteiger partial charge in [0, 0.05) is 25.1 Å². The molecule has 9 heteroatoms. The van der Waals surface area contributed by atoms with E-state index in [1.807, 2.05) is 12.2 Å². The van der Waals surface area contributed by atoms with Crippen LogP contribution in [0, 0.1) is 6.92 Å². The number of imide groups is 1. The summed E-state index contributed by atoms with van der Waals surface area (Å²) < 4.78 is 15.1. The minimum absolute atomic E-state index is 0.0972. The van der Waals surface area contributed by atoms with Gasteiger partial charge >= 0.3 is 12.0 Å². The molecule has 0 fully saturated rings. The first-order chi connectivity index (χ1) is 12.4. The first-order valence-corrected chi connectivity index (χ1v) is 8.41. The number of aryl methyl sites for hydroxylation is 1. The van der Waals surface area contributed by atoms with E-state index in [2.05, 4.69) is 5.32 Å². The molecule has 0 bridgehead atoms. The summed E-state index contributed by atoms with van der Waals surface area (Å²) >= 11 is 5.86. The first-order valence-electron chi connectivity index (χ1n) is 8.03. The zero-order valence-electron chi connectivity index (χ0n) is 14.8. The molecule has 8 nitrogen and oxygen atoms in total. The van der Waals surface area contributed by atoms with Gasteiger partial charge in [0.05, 0.1) is 13.2 Å². The first kappa shape index (κ1) is 21.7. The van der Waals surface area contributed by atoms with Crippen LogP contribution in [0.25, 0.3) is 0 Å². The molecular weight excluding hydrogens is 364 g/mol. The van der Waals surface area contributed by atoms with Crippen molar-refractivity contribution in [2.45, 2.75) is 19.8 Å². The number of methoxy groups -OCH3 is 1. The van der Waals surface area contributed by atoms with Crippen LogP contribution in [0.15, 0.2) is 18.2 Å². The van der Waals surface area contributed by atoms with Crippen molar-refractivity contribution in [3.05, 3.63) is 28.8 Å². The lowest BCUT2D eigenvalue weighted by atomic mass is 10.2.